The van der Waals surface area contributed by atoms with Crippen molar-refractivity contribution in [2.24, 2.45) is 0 Å². The smallest absolute Gasteiger partial charge is 0.340 e. The molecule has 0 unspecified atom stereocenters. The molecule has 0 aliphatic heterocycles. The fraction of sp³-hybridized carbons (Fsp3) is 0.308. The monoisotopic (exact) mass is 276 g/mol. The van der Waals surface area contributed by atoms with E-state index in [2.05, 4.69) is 10.1 Å². The van der Waals surface area contributed by atoms with Gasteiger partial charge in [-0.25, -0.2) is 14.5 Å². The first-order valence-corrected chi connectivity index (χ1v) is 6.13. The molecule has 0 saturated carbocycles. The van der Waals surface area contributed by atoms with Gasteiger partial charge < -0.3 is 15.2 Å². The van der Waals surface area contributed by atoms with E-state index in [0.29, 0.717) is 23.8 Å². The number of benzene rings is 1. The van der Waals surface area contributed by atoms with Gasteiger partial charge in [0.1, 0.15) is 12.1 Å². The third kappa shape index (κ3) is 2.87. The van der Waals surface area contributed by atoms with E-state index in [9.17, 15) is 4.79 Å². The lowest BCUT2D eigenvalue weighted by Gasteiger charge is -2.08. The molecule has 7 heteroatoms. The van der Waals surface area contributed by atoms with Crippen molar-refractivity contribution < 1.29 is 14.3 Å². The molecule has 0 amide bonds. The van der Waals surface area contributed by atoms with Gasteiger partial charge in [-0.1, -0.05) is 0 Å². The maximum atomic E-state index is 12.0. The van der Waals surface area contributed by atoms with Gasteiger partial charge in [-0.2, -0.15) is 5.10 Å². The molecule has 0 fully saturated rings. The van der Waals surface area contributed by atoms with E-state index < -0.39 is 5.97 Å². The van der Waals surface area contributed by atoms with Crippen LogP contribution in [0.2, 0.25) is 0 Å². The fourth-order valence-corrected chi connectivity index (χ4v) is 1.71. The molecule has 0 spiro atoms. The number of carbonyl (C=O) groups is 1. The molecule has 2 N–H and O–H groups in total. The number of nitrogens with two attached hydrogens (primary N) is 1. The molecule has 0 saturated heterocycles. The van der Waals surface area contributed by atoms with Crippen LogP contribution in [0.3, 0.4) is 0 Å². The second-order valence-electron chi connectivity index (χ2n) is 4.02. The Hall–Kier alpha value is -2.57. The maximum Gasteiger partial charge on any atom is 0.340 e. The minimum absolute atomic E-state index is 0.0450. The number of hydrogen-bond donors (Lipinski definition) is 1. The van der Waals surface area contributed by atoms with Crippen molar-refractivity contribution in [3.05, 3.63) is 35.9 Å². The van der Waals surface area contributed by atoms with Gasteiger partial charge in [0.05, 0.1) is 12.7 Å². The summed E-state index contributed by atoms with van der Waals surface area (Å²) in [7, 11) is 1.52. The third-order valence-electron chi connectivity index (χ3n) is 2.81. The average molecular weight is 276 g/mol. The number of anilines is 1. The highest BCUT2D eigenvalue weighted by Gasteiger charge is 2.14. The normalized spacial score (nSPS) is 10.3. The Balaban J connectivity index is 2.09. The van der Waals surface area contributed by atoms with Gasteiger partial charge in [0.15, 0.2) is 12.4 Å². The van der Waals surface area contributed by atoms with Crippen LogP contribution in [0.15, 0.2) is 24.5 Å². The number of methoxy groups -OCH3 is 1. The predicted molar refractivity (Wildman–Crippen MR) is 72.2 cm³/mol. The lowest BCUT2D eigenvalue weighted by atomic mass is 10.2. The Bertz CT molecular complexity index is 609. The molecular weight excluding hydrogens is 260 g/mol. The van der Waals surface area contributed by atoms with Crippen LogP contribution in [0.25, 0.3) is 0 Å². The quantitative estimate of drug-likeness (QED) is 0.652. The SMILES string of the molecule is CCn1ncnc1COC(=O)c1cc(OC)ccc1N. The average Bonchev–Trinajstić information content (AvgIpc) is 2.92. The van der Waals surface area contributed by atoms with E-state index in [1.807, 2.05) is 6.92 Å². The zero-order valence-electron chi connectivity index (χ0n) is 11.4. The molecular formula is C13H16N4O3. The number of rotatable bonds is 5. The summed E-state index contributed by atoms with van der Waals surface area (Å²) in [6, 6.07) is 4.83. The van der Waals surface area contributed by atoms with Crippen LogP contribution in [-0.2, 0) is 17.9 Å². The van der Waals surface area contributed by atoms with Crippen LogP contribution in [0.4, 0.5) is 5.69 Å². The lowest BCUT2D eigenvalue weighted by Crippen LogP contribution is -2.12. The highest BCUT2D eigenvalue weighted by molar-refractivity contribution is 5.95. The number of nitrogen functional groups attached to an aromatic ring is 1. The highest BCUT2D eigenvalue weighted by Crippen LogP contribution is 2.20. The third-order valence-corrected chi connectivity index (χ3v) is 2.81. The van der Waals surface area contributed by atoms with E-state index in [4.69, 9.17) is 15.2 Å². The molecule has 1 heterocycles. The van der Waals surface area contributed by atoms with Gasteiger partial charge in [-0.15, -0.1) is 0 Å². The maximum absolute atomic E-state index is 12.0. The van der Waals surface area contributed by atoms with Crippen molar-refractivity contribution >= 4 is 11.7 Å². The molecule has 2 aromatic rings. The summed E-state index contributed by atoms with van der Waals surface area (Å²) in [5.74, 6) is 0.609. The molecule has 2 rings (SSSR count). The number of esters is 1. The van der Waals surface area contributed by atoms with Crippen LogP contribution in [0.5, 0.6) is 5.75 Å². The van der Waals surface area contributed by atoms with Gasteiger partial charge in [0, 0.05) is 12.2 Å². The minimum Gasteiger partial charge on any atom is -0.497 e. The summed E-state index contributed by atoms with van der Waals surface area (Å²) < 4.78 is 11.9. The number of ether oxygens (including phenoxy) is 2. The lowest BCUT2D eigenvalue weighted by molar-refractivity contribution is 0.0458. The second-order valence-corrected chi connectivity index (χ2v) is 4.02. The highest BCUT2D eigenvalue weighted by atomic mass is 16.5. The Morgan fingerprint density at radius 2 is 2.25 bits per heavy atom. The minimum atomic E-state index is -0.521. The van der Waals surface area contributed by atoms with E-state index in [0.717, 1.165) is 0 Å². The molecule has 7 nitrogen and oxygen atoms in total. The van der Waals surface area contributed by atoms with Crippen LogP contribution < -0.4 is 10.5 Å². The van der Waals surface area contributed by atoms with Gasteiger partial charge >= 0.3 is 5.97 Å². The summed E-state index contributed by atoms with van der Waals surface area (Å²) in [5, 5.41) is 4.00. The molecule has 0 radical (unpaired) electrons. The number of aromatic nitrogens is 3. The molecule has 0 bridgehead atoms. The molecule has 1 aromatic carbocycles. The van der Waals surface area contributed by atoms with Gasteiger partial charge in [-0.3, -0.25) is 0 Å². The van der Waals surface area contributed by atoms with Crippen LogP contribution >= 0.6 is 0 Å². The first kappa shape index (κ1) is 13.9. The van der Waals surface area contributed by atoms with Crippen LogP contribution in [0, 0.1) is 0 Å². The van der Waals surface area contributed by atoms with Gasteiger partial charge in [0.2, 0.25) is 0 Å². The van der Waals surface area contributed by atoms with Crippen molar-refractivity contribution in [2.45, 2.75) is 20.1 Å². The number of hydrogen-bond acceptors (Lipinski definition) is 6. The summed E-state index contributed by atoms with van der Waals surface area (Å²) in [5.41, 5.74) is 6.37. The Morgan fingerprint density at radius 3 is 2.95 bits per heavy atom. The van der Waals surface area contributed by atoms with Gasteiger partial charge in [0.25, 0.3) is 0 Å². The summed E-state index contributed by atoms with van der Waals surface area (Å²) >= 11 is 0. The molecule has 106 valence electrons. The predicted octanol–water partition coefficient (Wildman–Crippen LogP) is 1.25. The fourth-order valence-electron chi connectivity index (χ4n) is 1.71. The molecule has 0 aliphatic rings. The topological polar surface area (TPSA) is 92.3 Å². The molecule has 0 atom stereocenters. The van der Waals surface area contributed by atoms with Crippen molar-refractivity contribution in [2.75, 3.05) is 12.8 Å². The molecule has 20 heavy (non-hydrogen) atoms. The zero-order chi connectivity index (χ0) is 14.5. The zero-order valence-corrected chi connectivity index (χ0v) is 11.4. The second kappa shape index (κ2) is 6.05. The number of nitrogens with zero attached hydrogens (tertiary/aromatic N) is 3. The summed E-state index contributed by atoms with van der Waals surface area (Å²) in [6.45, 7) is 2.64. The summed E-state index contributed by atoms with van der Waals surface area (Å²) in [4.78, 5) is 16.0. The van der Waals surface area contributed by atoms with Crippen LogP contribution in [-0.4, -0.2) is 27.8 Å². The van der Waals surface area contributed by atoms with E-state index in [1.54, 1.807) is 22.9 Å². The van der Waals surface area contributed by atoms with Gasteiger partial charge in [-0.05, 0) is 25.1 Å². The van der Waals surface area contributed by atoms with E-state index in [-0.39, 0.29) is 12.2 Å². The van der Waals surface area contributed by atoms with E-state index >= 15 is 0 Å². The van der Waals surface area contributed by atoms with Crippen LogP contribution in [0.1, 0.15) is 23.1 Å². The first-order valence-electron chi connectivity index (χ1n) is 6.13. The van der Waals surface area contributed by atoms with Crippen molar-refractivity contribution in [1.29, 1.82) is 0 Å². The Kier molecular flexibility index (Phi) is 4.19. The largest absolute Gasteiger partial charge is 0.497 e. The Labute approximate surface area is 116 Å². The first-order chi connectivity index (χ1) is 9.65. The van der Waals surface area contributed by atoms with Crippen molar-refractivity contribution in [3.63, 3.8) is 0 Å². The molecule has 1 aromatic heterocycles. The standard InChI is InChI=1S/C13H16N4O3/c1-3-17-12(15-8-16-17)7-20-13(18)10-6-9(19-2)4-5-11(10)14/h4-6,8H,3,7,14H2,1-2H3. The van der Waals surface area contributed by atoms with Crippen molar-refractivity contribution in [1.82, 2.24) is 14.8 Å². The van der Waals surface area contributed by atoms with Crippen molar-refractivity contribution in [3.8, 4) is 5.75 Å². The molecule has 0 aliphatic carbocycles. The number of carbonyl (C=O) groups excluding carboxylic acids is 1. The Morgan fingerprint density at radius 1 is 1.45 bits per heavy atom. The van der Waals surface area contributed by atoms with E-state index in [1.165, 1.54) is 13.4 Å². The number of aryl methyl sites for hydroxylation is 1. The summed E-state index contributed by atoms with van der Waals surface area (Å²) in [6.07, 6.45) is 1.42.